The van der Waals surface area contributed by atoms with Crippen molar-refractivity contribution >= 4 is 22.8 Å². The molecule has 3 heterocycles. The number of aliphatic hydroxyl groups excluding tert-OH is 2. The molecule has 4 rings (SSSR count). The number of alkyl halides is 3. The summed E-state index contributed by atoms with van der Waals surface area (Å²) in [5.41, 5.74) is -4.04. The van der Waals surface area contributed by atoms with Crippen LogP contribution in [0.15, 0.2) is 29.2 Å². The van der Waals surface area contributed by atoms with Crippen LogP contribution >= 0.6 is 0 Å². The van der Waals surface area contributed by atoms with Gasteiger partial charge in [-0.1, -0.05) is 0 Å². The standard InChI is InChI=1S/C22H17F7N4O4/c1-8(22(27,28)29)30-21(37)11-5-33(17-12(24)2-9(23)3-13(17)25)19-10(18(11)36)4-14(26)20(31-19)32-6-15(34)16(35)7-32/h2-5,8,15-16,34-35H,6-7H2,1H3,(H,30,37)/t8-,15+,16+/m0/s1. The lowest BCUT2D eigenvalue weighted by atomic mass is 10.1. The highest BCUT2D eigenvalue weighted by Crippen LogP contribution is 2.28. The smallest absolute Gasteiger partial charge is 0.389 e. The molecule has 1 aliphatic rings. The van der Waals surface area contributed by atoms with Crippen LogP contribution in [0.25, 0.3) is 16.7 Å². The number of β-amino-alcohol motifs (C(OH)–C–C–N with tert-alkyl or cyclic N) is 2. The lowest BCUT2D eigenvalue weighted by molar-refractivity contribution is -0.149. The molecular formula is C22H17F7N4O4. The predicted octanol–water partition coefficient (Wildman–Crippen LogP) is 2.16. The minimum atomic E-state index is -4.89. The maximum absolute atomic E-state index is 15.0. The van der Waals surface area contributed by atoms with Crippen LogP contribution in [0.5, 0.6) is 0 Å². The first-order chi connectivity index (χ1) is 17.2. The molecule has 1 aliphatic heterocycles. The fourth-order valence-electron chi connectivity index (χ4n) is 3.83. The molecular weight excluding hydrogens is 517 g/mol. The molecule has 1 aromatic carbocycles. The van der Waals surface area contributed by atoms with E-state index >= 15 is 0 Å². The van der Waals surface area contributed by atoms with Crippen molar-refractivity contribution < 1.29 is 45.7 Å². The van der Waals surface area contributed by atoms with Crippen LogP contribution < -0.4 is 15.6 Å². The molecule has 0 radical (unpaired) electrons. The molecule has 37 heavy (non-hydrogen) atoms. The van der Waals surface area contributed by atoms with Gasteiger partial charge in [-0.3, -0.25) is 14.2 Å². The molecule has 0 unspecified atom stereocenters. The third kappa shape index (κ3) is 4.83. The average Bonchev–Trinajstić information content (AvgIpc) is 3.11. The number of anilines is 1. The van der Waals surface area contributed by atoms with Gasteiger partial charge < -0.3 is 20.4 Å². The number of fused-ring (bicyclic) bond motifs is 1. The van der Waals surface area contributed by atoms with E-state index < -0.39 is 87.1 Å². The van der Waals surface area contributed by atoms with Crippen LogP contribution in [0, 0.1) is 23.3 Å². The number of carbonyl (C=O) groups is 1. The Bertz CT molecular complexity index is 1430. The van der Waals surface area contributed by atoms with Crippen LogP contribution in [0.1, 0.15) is 17.3 Å². The topological polar surface area (TPSA) is 108 Å². The molecule has 198 valence electrons. The molecule has 1 saturated heterocycles. The van der Waals surface area contributed by atoms with E-state index in [4.69, 9.17) is 0 Å². The zero-order valence-electron chi connectivity index (χ0n) is 18.7. The molecule has 2 aromatic heterocycles. The monoisotopic (exact) mass is 534 g/mol. The molecule has 0 saturated carbocycles. The molecule has 0 spiro atoms. The first kappa shape index (κ1) is 26.3. The Morgan fingerprint density at radius 1 is 1.05 bits per heavy atom. The van der Waals surface area contributed by atoms with Gasteiger partial charge in [0, 0.05) is 31.4 Å². The molecule has 0 aliphatic carbocycles. The van der Waals surface area contributed by atoms with E-state index in [1.807, 2.05) is 0 Å². The lowest BCUT2D eigenvalue weighted by Crippen LogP contribution is -2.44. The normalized spacial score (nSPS) is 18.9. The Hall–Kier alpha value is -3.72. The largest absolute Gasteiger partial charge is 0.408 e. The number of pyridine rings is 2. The van der Waals surface area contributed by atoms with Crippen LogP contribution in [0.3, 0.4) is 0 Å². The number of nitrogens with zero attached hydrogens (tertiary/aromatic N) is 3. The first-order valence-corrected chi connectivity index (χ1v) is 10.6. The molecule has 1 fully saturated rings. The summed E-state index contributed by atoms with van der Waals surface area (Å²) in [6, 6.07) is -1.33. The number of hydrogen-bond acceptors (Lipinski definition) is 6. The van der Waals surface area contributed by atoms with E-state index in [1.165, 1.54) is 5.32 Å². The molecule has 1 amide bonds. The summed E-state index contributed by atoms with van der Waals surface area (Å²) in [7, 11) is 0. The molecule has 3 atom stereocenters. The highest BCUT2D eigenvalue weighted by atomic mass is 19.4. The maximum Gasteiger partial charge on any atom is 0.408 e. The second kappa shape index (κ2) is 9.30. The fourth-order valence-corrected chi connectivity index (χ4v) is 3.83. The van der Waals surface area contributed by atoms with E-state index in [9.17, 15) is 50.5 Å². The molecule has 0 bridgehead atoms. The summed E-state index contributed by atoms with van der Waals surface area (Å²) in [5, 5.41) is 20.4. The Morgan fingerprint density at radius 3 is 2.16 bits per heavy atom. The van der Waals surface area contributed by atoms with Crippen molar-refractivity contribution in [2.24, 2.45) is 0 Å². The van der Waals surface area contributed by atoms with Crippen molar-refractivity contribution in [3.05, 3.63) is 63.5 Å². The van der Waals surface area contributed by atoms with E-state index in [2.05, 4.69) is 4.98 Å². The summed E-state index contributed by atoms with van der Waals surface area (Å²) >= 11 is 0. The third-order valence-electron chi connectivity index (χ3n) is 5.78. The summed E-state index contributed by atoms with van der Waals surface area (Å²) in [6.45, 7) is -0.00495. The highest BCUT2D eigenvalue weighted by Gasteiger charge is 2.38. The molecule has 15 heteroatoms. The third-order valence-corrected chi connectivity index (χ3v) is 5.78. The van der Waals surface area contributed by atoms with Crippen LogP contribution in [-0.4, -0.2) is 63.2 Å². The van der Waals surface area contributed by atoms with Crippen molar-refractivity contribution in [1.82, 2.24) is 14.9 Å². The summed E-state index contributed by atoms with van der Waals surface area (Å²) in [4.78, 5) is 30.6. The van der Waals surface area contributed by atoms with Crippen molar-refractivity contribution in [1.29, 1.82) is 0 Å². The van der Waals surface area contributed by atoms with Crippen molar-refractivity contribution in [3.63, 3.8) is 0 Å². The predicted molar refractivity (Wildman–Crippen MR) is 114 cm³/mol. The van der Waals surface area contributed by atoms with Crippen LogP contribution in [0.4, 0.5) is 36.6 Å². The van der Waals surface area contributed by atoms with E-state index in [0.29, 0.717) is 23.8 Å². The number of aromatic nitrogens is 2. The molecule has 3 aromatic rings. The number of halogens is 7. The minimum Gasteiger partial charge on any atom is -0.389 e. The maximum atomic E-state index is 15.0. The number of amides is 1. The van der Waals surface area contributed by atoms with Gasteiger partial charge in [-0.15, -0.1) is 0 Å². The highest BCUT2D eigenvalue weighted by molar-refractivity contribution is 5.97. The fraction of sp³-hybridized carbons (Fsp3) is 0.318. The minimum absolute atomic E-state index is 0.269. The van der Waals surface area contributed by atoms with Crippen LogP contribution in [-0.2, 0) is 0 Å². The second-order valence-electron chi connectivity index (χ2n) is 8.40. The number of nitrogens with one attached hydrogen (secondary N) is 1. The zero-order chi connectivity index (χ0) is 27.4. The summed E-state index contributed by atoms with van der Waals surface area (Å²) in [5.74, 6) is -7.69. The zero-order valence-corrected chi connectivity index (χ0v) is 18.7. The number of rotatable bonds is 4. The van der Waals surface area contributed by atoms with E-state index in [-0.39, 0.29) is 25.2 Å². The van der Waals surface area contributed by atoms with Crippen molar-refractivity contribution in [3.8, 4) is 5.69 Å². The molecule has 3 N–H and O–H groups in total. The SMILES string of the molecule is C[C@H](NC(=O)c1cn(-c2c(F)cc(F)cc2F)c2nc(N3C[C@@H](O)[C@H](O)C3)c(F)cc2c1=O)C(F)(F)F. The van der Waals surface area contributed by atoms with Crippen molar-refractivity contribution in [2.75, 3.05) is 18.0 Å². The van der Waals surface area contributed by atoms with Gasteiger partial charge in [0.2, 0.25) is 5.43 Å². The van der Waals surface area contributed by atoms with Gasteiger partial charge in [-0.05, 0) is 13.0 Å². The van der Waals surface area contributed by atoms with Crippen LogP contribution in [0.2, 0.25) is 0 Å². The lowest BCUT2D eigenvalue weighted by Gasteiger charge is -2.21. The number of carbonyl (C=O) groups excluding carboxylic acids is 1. The van der Waals surface area contributed by atoms with Gasteiger partial charge in [0.25, 0.3) is 5.91 Å². The van der Waals surface area contributed by atoms with Gasteiger partial charge in [-0.25, -0.2) is 22.5 Å². The Balaban J connectivity index is 1.99. The second-order valence-corrected chi connectivity index (χ2v) is 8.40. The van der Waals surface area contributed by atoms with Gasteiger partial charge >= 0.3 is 6.18 Å². The van der Waals surface area contributed by atoms with Crippen molar-refractivity contribution in [2.45, 2.75) is 31.3 Å². The van der Waals surface area contributed by atoms with Gasteiger partial charge in [-0.2, -0.15) is 13.2 Å². The Morgan fingerprint density at radius 2 is 1.62 bits per heavy atom. The average molecular weight is 534 g/mol. The van der Waals surface area contributed by atoms with Gasteiger partial charge in [0.1, 0.15) is 23.1 Å². The summed E-state index contributed by atoms with van der Waals surface area (Å²) in [6.07, 6.45) is -6.96. The van der Waals surface area contributed by atoms with Gasteiger partial charge in [0.15, 0.2) is 28.9 Å². The summed E-state index contributed by atoms with van der Waals surface area (Å²) < 4.78 is 97.2. The quantitative estimate of drug-likeness (QED) is 0.443. The first-order valence-electron chi connectivity index (χ1n) is 10.6. The number of hydrogen-bond donors (Lipinski definition) is 3. The Labute approximate surface area is 202 Å². The van der Waals surface area contributed by atoms with E-state index in [1.54, 1.807) is 0 Å². The molecule has 8 nitrogen and oxygen atoms in total. The number of aliphatic hydroxyl groups is 2. The number of benzene rings is 1. The van der Waals surface area contributed by atoms with E-state index in [0.717, 1.165) is 4.90 Å². The van der Waals surface area contributed by atoms with Gasteiger partial charge in [0.05, 0.1) is 17.6 Å². The Kier molecular flexibility index (Phi) is 6.62.